The lowest BCUT2D eigenvalue weighted by Gasteiger charge is -2.62. The van der Waals surface area contributed by atoms with E-state index in [0.29, 0.717) is 24.8 Å². The van der Waals surface area contributed by atoms with Crippen LogP contribution in [0.4, 0.5) is 4.39 Å². The van der Waals surface area contributed by atoms with E-state index in [-0.39, 0.29) is 18.1 Å². The van der Waals surface area contributed by atoms with Gasteiger partial charge in [0, 0.05) is 16.7 Å². The number of halogens is 1. The summed E-state index contributed by atoms with van der Waals surface area (Å²) in [5, 5.41) is 31.3. The van der Waals surface area contributed by atoms with Crippen molar-refractivity contribution in [2.24, 2.45) is 28.6 Å². The molecule has 0 aromatic rings. The Balaban J connectivity index is 1.84. The third kappa shape index (κ3) is 1.97. The minimum atomic E-state index is -2.02. The predicted molar refractivity (Wildman–Crippen MR) is 96.6 cm³/mol. The highest BCUT2D eigenvalue weighted by molar-refractivity contribution is 6.01. The van der Waals surface area contributed by atoms with Crippen LogP contribution in [0.5, 0.6) is 0 Å². The van der Waals surface area contributed by atoms with Gasteiger partial charge in [-0.1, -0.05) is 25.5 Å². The van der Waals surface area contributed by atoms with Crippen molar-refractivity contribution in [1.82, 2.24) is 0 Å². The van der Waals surface area contributed by atoms with E-state index in [1.165, 1.54) is 12.2 Å². The van der Waals surface area contributed by atoms with Crippen LogP contribution in [0, 0.1) is 28.6 Å². The van der Waals surface area contributed by atoms with Gasteiger partial charge >= 0.3 is 5.97 Å². The van der Waals surface area contributed by atoms with Crippen LogP contribution in [0.25, 0.3) is 0 Å². The summed E-state index contributed by atoms with van der Waals surface area (Å²) in [5.41, 5.74) is -5.61. The van der Waals surface area contributed by atoms with E-state index >= 15 is 4.39 Å². The van der Waals surface area contributed by atoms with Crippen molar-refractivity contribution in [2.75, 3.05) is 0 Å². The molecule has 0 spiro atoms. The summed E-state index contributed by atoms with van der Waals surface area (Å²) < 4.78 is 16.8. The molecule has 4 rings (SSSR count). The molecular formula is C21H27FO6. The number of carbonyl (C=O) groups is 2. The van der Waals surface area contributed by atoms with Crippen molar-refractivity contribution in [3.05, 3.63) is 23.8 Å². The summed E-state index contributed by atoms with van der Waals surface area (Å²) in [5.74, 6) is -2.90. The van der Waals surface area contributed by atoms with Crippen molar-refractivity contribution in [3.63, 3.8) is 0 Å². The van der Waals surface area contributed by atoms with Crippen molar-refractivity contribution < 1.29 is 34.3 Å². The molecule has 3 N–H and O–H groups in total. The summed E-state index contributed by atoms with van der Waals surface area (Å²) in [6.45, 7) is 5.07. The Bertz CT molecular complexity index is 807. The summed E-state index contributed by atoms with van der Waals surface area (Å²) >= 11 is 0. The summed E-state index contributed by atoms with van der Waals surface area (Å²) in [7, 11) is 0. The number of fused-ring (bicyclic) bond motifs is 5. The maximum atomic E-state index is 16.8. The lowest BCUT2D eigenvalue weighted by molar-refractivity contribution is -0.273. The number of rotatable bonds is 1. The highest BCUT2D eigenvalue weighted by Gasteiger charge is 2.76. The van der Waals surface area contributed by atoms with Crippen molar-refractivity contribution in [1.29, 1.82) is 0 Å². The maximum Gasteiger partial charge on any atom is 0.374 e. The van der Waals surface area contributed by atoms with Crippen LogP contribution in [-0.2, 0) is 14.5 Å². The fourth-order valence-corrected chi connectivity index (χ4v) is 7.05. The molecule has 0 aliphatic heterocycles. The second-order valence-electron chi connectivity index (χ2n) is 9.55. The van der Waals surface area contributed by atoms with Crippen LogP contribution in [-0.4, -0.2) is 44.6 Å². The van der Waals surface area contributed by atoms with E-state index < -0.39 is 46.0 Å². The third-order valence-electron chi connectivity index (χ3n) is 8.62. The summed E-state index contributed by atoms with van der Waals surface area (Å²) in [4.78, 5) is 28.1. The Morgan fingerprint density at radius 1 is 1.32 bits per heavy atom. The van der Waals surface area contributed by atoms with Crippen LogP contribution in [0.15, 0.2) is 23.8 Å². The van der Waals surface area contributed by atoms with Gasteiger partial charge in [0.15, 0.2) is 17.1 Å². The molecule has 4 unspecified atom stereocenters. The minimum absolute atomic E-state index is 0.148. The Hall–Kier alpha value is -1.57. The van der Waals surface area contributed by atoms with Gasteiger partial charge in [-0.3, -0.25) is 9.68 Å². The van der Waals surface area contributed by atoms with E-state index in [2.05, 4.69) is 4.89 Å². The predicted octanol–water partition coefficient (Wildman–Crippen LogP) is 2.35. The zero-order valence-electron chi connectivity index (χ0n) is 16.3. The molecule has 8 atom stereocenters. The smallest absolute Gasteiger partial charge is 0.374 e. The number of hydrogen-bond acceptors (Lipinski definition) is 6. The molecule has 0 saturated heterocycles. The van der Waals surface area contributed by atoms with Gasteiger partial charge in [-0.05, 0) is 56.6 Å². The Morgan fingerprint density at radius 2 is 2.00 bits per heavy atom. The first-order chi connectivity index (χ1) is 13.0. The highest BCUT2D eigenvalue weighted by atomic mass is 19.1. The first-order valence-electron chi connectivity index (χ1n) is 9.86. The normalized spacial score (nSPS) is 52.4. The average Bonchev–Trinajstić information content (AvgIpc) is 2.84. The molecule has 0 amide bonds. The van der Waals surface area contributed by atoms with E-state index in [1.54, 1.807) is 26.8 Å². The lowest BCUT2D eigenvalue weighted by atomic mass is 9.45. The van der Waals surface area contributed by atoms with Gasteiger partial charge in [-0.2, -0.15) is 5.26 Å². The Morgan fingerprint density at radius 3 is 2.64 bits per heavy atom. The van der Waals surface area contributed by atoms with Crippen molar-refractivity contribution in [2.45, 2.75) is 63.8 Å². The third-order valence-corrected chi connectivity index (χ3v) is 8.62. The van der Waals surface area contributed by atoms with Crippen molar-refractivity contribution >= 4 is 11.8 Å². The number of allylic oxidation sites excluding steroid dienone is 4. The van der Waals surface area contributed by atoms with E-state index in [1.807, 2.05) is 0 Å². The largest absolute Gasteiger partial charge is 0.390 e. The Kier molecular flexibility index (Phi) is 4.04. The number of aliphatic hydroxyl groups excluding tert-OH is 1. The number of aliphatic hydroxyl groups is 2. The quantitative estimate of drug-likeness (QED) is 0.466. The Labute approximate surface area is 163 Å². The van der Waals surface area contributed by atoms with Gasteiger partial charge in [-0.25, -0.2) is 9.18 Å². The van der Waals surface area contributed by atoms with Gasteiger partial charge in [0.1, 0.15) is 0 Å². The van der Waals surface area contributed by atoms with E-state index in [9.17, 15) is 19.8 Å². The van der Waals surface area contributed by atoms with Crippen LogP contribution in [0.1, 0.15) is 46.5 Å². The maximum absolute atomic E-state index is 16.8. The molecule has 6 nitrogen and oxygen atoms in total. The molecule has 3 saturated carbocycles. The average molecular weight is 394 g/mol. The van der Waals surface area contributed by atoms with Gasteiger partial charge in [0.2, 0.25) is 0 Å². The van der Waals surface area contributed by atoms with Gasteiger partial charge in [0.05, 0.1) is 6.10 Å². The second-order valence-corrected chi connectivity index (χ2v) is 9.55. The molecule has 0 heterocycles. The van der Waals surface area contributed by atoms with Crippen LogP contribution in [0.2, 0.25) is 0 Å². The molecule has 4 aliphatic rings. The molecule has 154 valence electrons. The lowest BCUT2D eigenvalue weighted by Crippen LogP contribution is -2.69. The number of hydrogen-bond donors (Lipinski definition) is 3. The molecular weight excluding hydrogens is 367 g/mol. The molecule has 0 aromatic heterocycles. The first-order valence-corrected chi connectivity index (χ1v) is 9.86. The topological polar surface area (TPSA) is 104 Å². The van der Waals surface area contributed by atoms with Crippen LogP contribution >= 0.6 is 0 Å². The van der Waals surface area contributed by atoms with Gasteiger partial charge < -0.3 is 10.2 Å². The second kappa shape index (κ2) is 5.74. The van der Waals surface area contributed by atoms with Crippen molar-refractivity contribution in [3.8, 4) is 0 Å². The fourth-order valence-electron chi connectivity index (χ4n) is 7.05. The molecule has 7 heteroatoms. The standard InChI is InChI=1S/C21H27FO6/c1-11-8-15-14-5-4-12-9-13(23)6-7-18(12,2)20(14,22)16(24)10-19(15,3)21(11,26)17(25)28-27/h6-7,9,11,14-16,24,26-27H,4-5,8,10H2,1-3H3/t11?,14-,15?,16?,18-,19-,20?,21-/m0/s1. The number of ketones is 1. The zero-order chi connectivity index (χ0) is 20.7. The first kappa shape index (κ1) is 19.7. The number of alkyl halides is 1. The molecule has 3 fully saturated rings. The minimum Gasteiger partial charge on any atom is -0.390 e. The van der Waals surface area contributed by atoms with E-state index in [4.69, 9.17) is 5.26 Å². The highest BCUT2D eigenvalue weighted by Crippen LogP contribution is 2.70. The number of carbonyl (C=O) groups excluding carboxylic acids is 2. The summed E-state index contributed by atoms with van der Waals surface area (Å²) in [6.07, 6.45) is 4.09. The van der Waals surface area contributed by atoms with Crippen LogP contribution in [0.3, 0.4) is 0 Å². The molecule has 0 aromatic carbocycles. The van der Waals surface area contributed by atoms with Gasteiger partial charge in [0.25, 0.3) is 0 Å². The summed E-state index contributed by atoms with van der Waals surface area (Å²) in [6, 6.07) is 0. The monoisotopic (exact) mass is 394 g/mol. The van der Waals surface area contributed by atoms with Gasteiger partial charge in [-0.15, -0.1) is 0 Å². The molecule has 28 heavy (non-hydrogen) atoms. The van der Waals surface area contributed by atoms with Crippen LogP contribution < -0.4 is 0 Å². The molecule has 0 radical (unpaired) electrons. The SMILES string of the molecule is CC1CC2[C@@H]3CCC4=CC(=O)C=C[C@]4(C)C3(F)C(O)C[C@]2(C)[C@@]1(O)C(=O)OO. The fraction of sp³-hybridized carbons (Fsp3) is 0.714. The molecule has 4 aliphatic carbocycles. The zero-order valence-corrected chi connectivity index (χ0v) is 16.3. The van der Waals surface area contributed by atoms with E-state index in [0.717, 1.165) is 0 Å². The molecule has 0 bridgehead atoms.